The summed E-state index contributed by atoms with van der Waals surface area (Å²) in [4.78, 5) is 11.2. The summed E-state index contributed by atoms with van der Waals surface area (Å²) in [6.45, 7) is 3.79. The molecule has 7 heteroatoms. The Balaban J connectivity index is 2.03. The smallest absolute Gasteiger partial charge is 0.339 e. The number of carbonyl (C=O) groups is 1. The highest BCUT2D eigenvalue weighted by Crippen LogP contribution is 2.38. The third-order valence-electron chi connectivity index (χ3n) is 2.76. The summed E-state index contributed by atoms with van der Waals surface area (Å²) in [5, 5.41) is 18.9. The van der Waals surface area contributed by atoms with Gasteiger partial charge in [-0.15, -0.1) is 0 Å². The Hall–Kier alpha value is -1.99. The number of hydrogen-bond donors (Lipinski definition) is 2. The molecule has 0 saturated carbocycles. The normalized spacial score (nSPS) is 14.3. The minimum Gasteiger partial charge on any atom is -0.490 e. The standard InChI is InChI=1S/C14H18O7/c1-8(2)18-5-9(15)6-19-11-4-13-12(20-7-21-13)3-10(11)14(16)17/h3-4,8-9,15H,5-7H2,1-2H3,(H,16,17). The zero-order valence-electron chi connectivity index (χ0n) is 11.9. The summed E-state index contributed by atoms with van der Waals surface area (Å²) in [6, 6.07) is 2.79. The molecule has 2 N–H and O–H groups in total. The third-order valence-corrected chi connectivity index (χ3v) is 2.76. The van der Waals surface area contributed by atoms with E-state index in [9.17, 15) is 15.0 Å². The molecule has 1 aromatic rings. The average molecular weight is 298 g/mol. The Labute approximate surface area is 122 Å². The summed E-state index contributed by atoms with van der Waals surface area (Å²) in [7, 11) is 0. The van der Waals surface area contributed by atoms with Crippen molar-refractivity contribution in [2.75, 3.05) is 20.0 Å². The van der Waals surface area contributed by atoms with Crippen LogP contribution in [0.2, 0.25) is 0 Å². The molecule has 116 valence electrons. The third kappa shape index (κ3) is 3.99. The van der Waals surface area contributed by atoms with Gasteiger partial charge in [-0.3, -0.25) is 0 Å². The minimum absolute atomic E-state index is 0.000209. The molecule has 0 radical (unpaired) electrons. The molecule has 7 nitrogen and oxygen atoms in total. The van der Waals surface area contributed by atoms with Crippen molar-refractivity contribution < 1.29 is 34.0 Å². The number of benzene rings is 1. The molecule has 0 bridgehead atoms. The monoisotopic (exact) mass is 298 g/mol. The molecule has 0 aromatic heterocycles. The van der Waals surface area contributed by atoms with Crippen LogP contribution in [-0.2, 0) is 4.74 Å². The van der Waals surface area contributed by atoms with Gasteiger partial charge < -0.3 is 29.2 Å². The number of ether oxygens (including phenoxy) is 4. The van der Waals surface area contributed by atoms with Crippen molar-refractivity contribution in [2.24, 2.45) is 0 Å². The second-order valence-corrected chi connectivity index (χ2v) is 4.85. The van der Waals surface area contributed by atoms with Gasteiger partial charge in [-0.25, -0.2) is 4.79 Å². The van der Waals surface area contributed by atoms with Crippen LogP contribution in [0.4, 0.5) is 0 Å². The highest BCUT2D eigenvalue weighted by atomic mass is 16.7. The predicted molar refractivity (Wildman–Crippen MR) is 72.1 cm³/mol. The predicted octanol–water partition coefficient (Wildman–Crippen LogP) is 1.28. The van der Waals surface area contributed by atoms with E-state index in [1.54, 1.807) is 0 Å². The lowest BCUT2D eigenvalue weighted by atomic mass is 10.2. The zero-order chi connectivity index (χ0) is 15.4. The van der Waals surface area contributed by atoms with Crippen LogP contribution in [0.1, 0.15) is 24.2 Å². The van der Waals surface area contributed by atoms with E-state index >= 15 is 0 Å². The molecule has 21 heavy (non-hydrogen) atoms. The Morgan fingerprint density at radius 2 is 1.95 bits per heavy atom. The number of rotatable bonds is 7. The molecule has 2 rings (SSSR count). The SMILES string of the molecule is CC(C)OCC(O)COc1cc2c(cc1C(=O)O)OCO2. The van der Waals surface area contributed by atoms with Crippen molar-refractivity contribution in [1.82, 2.24) is 0 Å². The van der Waals surface area contributed by atoms with Crippen LogP contribution >= 0.6 is 0 Å². The molecule has 1 heterocycles. The lowest BCUT2D eigenvalue weighted by Gasteiger charge is -2.15. The Morgan fingerprint density at radius 1 is 1.29 bits per heavy atom. The fourth-order valence-corrected chi connectivity index (χ4v) is 1.75. The fourth-order valence-electron chi connectivity index (χ4n) is 1.75. The first-order valence-electron chi connectivity index (χ1n) is 6.56. The summed E-state index contributed by atoms with van der Waals surface area (Å²) < 4.78 is 20.9. The van der Waals surface area contributed by atoms with Crippen molar-refractivity contribution in [2.45, 2.75) is 26.1 Å². The number of carboxylic acid groups (broad SMARTS) is 1. The van der Waals surface area contributed by atoms with Gasteiger partial charge in [0.15, 0.2) is 11.5 Å². The van der Waals surface area contributed by atoms with E-state index < -0.39 is 12.1 Å². The molecule has 0 saturated heterocycles. The molecule has 1 aliphatic heterocycles. The van der Waals surface area contributed by atoms with E-state index in [0.717, 1.165) is 0 Å². The molecule has 0 spiro atoms. The van der Waals surface area contributed by atoms with Gasteiger partial charge in [0.25, 0.3) is 0 Å². The van der Waals surface area contributed by atoms with Crippen molar-refractivity contribution in [3.63, 3.8) is 0 Å². The number of aromatic carboxylic acids is 1. The Kier molecular flexibility index (Phi) is 4.87. The van der Waals surface area contributed by atoms with Gasteiger partial charge in [0.05, 0.1) is 12.7 Å². The van der Waals surface area contributed by atoms with Gasteiger partial charge in [0, 0.05) is 12.1 Å². The minimum atomic E-state index is -1.14. The van der Waals surface area contributed by atoms with Crippen molar-refractivity contribution >= 4 is 5.97 Å². The Morgan fingerprint density at radius 3 is 2.57 bits per heavy atom. The molecular weight excluding hydrogens is 280 g/mol. The summed E-state index contributed by atoms with van der Waals surface area (Å²) in [5.74, 6) is -0.238. The average Bonchev–Trinajstić information content (AvgIpc) is 2.88. The lowest BCUT2D eigenvalue weighted by Crippen LogP contribution is -2.25. The van der Waals surface area contributed by atoms with Crippen molar-refractivity contribution in [3.05, 3.63) is 17.7 Å². The molecule has 1 aromatic carbocycles. The van der Waals surface area contributed by atoms with Gasteiger partial charge in [-0.1, -0.05) is 0 Å². The number of aliphatic hydroxyl groups excluding tert-OH is 1. The summed E-state index contributed by atoms with van der Waals surface area (Å²) in [6.07, 6.45) is -0.848. The van der Waals surface area contributed by atoms with Gasteiger partial charge >= 0.3 is 5.97 Å². The number of carboxylic acids is 1. The van der Waals surface area contributed by atoms with Crippen molar-refractivity contribution in [3.8, 4) is 17.2 Å². The quantitative estimate of drug-likeness (QED) is 0.783. The summed E-state index contributed by atoms with van der Waals surface area (Å²) >= 11 is 0. The van der Waals surface area contributed by atoms with Gasteiger partial charge in [-0.2, -0.15) is 0 Å². The summed E-state index contributed by atoms with van der Waals surface area (Å²) in [5.41, 5.74) is -0.0452. The maximum absolute atomic E-state index is 11.2. The van der Waals surface area contributed by atoms with Crippen LogP contribution in [0.25, 0.3) is 0 Å². The molecule has 0 fully saturated rings. The largest absolute Gasteiger partial charge is 0.490 e. The molecule has 0 amide bonds. The number of hydrogen-bond acceptors (Lipinski definition) is 6. The number of aliphatic hydroxyl groups is 1. The zero-order valence-corrected chi connectivity index (χ0v) is 11.9. The maximum atomic E-state index is 11.2. The first-order valence-corrected chi connectivity index (χ1v) is 6.56. The lowest BCUT2D eigenvalue weighted by molar-refractivity contribution is -0.0124. The first kappa shape index (κ1) is 15.4. The molecular formula is C14H18O7. The van der Waals surface area contributed by atoms with Crippen molar-refractivity contribution in [1.29, 1.82) is 0 Å². The molecule has 1 unspecified atom stereocenters. The topological polar surface area (TPSA) is 94.5 Å². The highest BCUT2D eigenvalue weighted by Gasteiger charge is 2.22. The van der Waals surface area contributed by atoms with Gasteiger partial charge in [-0.05, 0) is 13.8 Å². The van der Waals surface area contributed by atoms with Crippen LogP contribution in [-0.4, -0.2) is 48.4 Å². The maximum Gasteiger partial charge on any atom is 0.339 e. The van der Waals surface area contributed by atoms with E-state index in [0.29, 0.717) is 11.5 Å². The second-order valence-electron chi connectivity index (χ2n) is 4.85. The molecule has 1 aliphatic rings. The first-order chi connectivity index (χ1) is 9.97. The van der Waals surface area contributed by atoms with Crippen LogP contribution in [0, 0.1) is 0 Å². The van der Waals surface area contributed by atoms with Crippen LogP contribution < -0.4 is 14.2 Å². The van der Waals surface area contributed by atoms with Crippen LogP contribution in [0.5, 0.6) is 17.2 Å². The van der Waals surface area contributed by atoms with E-state index in [4.69, 9.17) is 18.9 Å². The highest BCUT2D eigenvalue weighted by molar-refractivity contribution is 5.92. The van der Waals surface area contributed by atoms with Gasteiger partial charge in [0.1, 0.15) is 24.0 Å². The molecule has 0 aliphatic carbocycles. The van der Waals surface area contributed by atoms with E-state index in [1.807, 2.05) is 13.8 Å². The Bertz CT molecular complexity index is 512. The van der Waals surface area contributed by atoms with E-state index in [-0.39, 0.29) is 37.4 Å². The van der Waals surface area contributed by atoms with Gasteiger partial charge in [0.2, 0.25) is 6.79 Å². The number of fused-ring (bicyclic) bond motifs is 1. The molecule has 1 atom stereocenters. The van der Waals surface area contributed by atoms with E-state index in [2.05, 4.69) is 0 Å². The van der Waals surface area contributed by atoms with E-state index in [1.165, 1.54) is 12.1 Å². The van der Waals surface area contributed by atoms with Crippen LogP contribution in [0.3, 0.4) is 0 Å². The van der Waals surface area contributed by atoms with Crippen LogP contribution in [0.15, 0.2) is 12.1 Å². The second kappa shape index (κ2) is 6.64. The fraction of sp³-hybridized carbons (Fsp3) is 0.500.